The molecule has 0 amide bonds. The predicted octanol–water partition coefficient (Wildman–Crippen LogP) is 4.30. The first-order valence-electron chi connectivity index (χ1n) is 5.07. The Morgan fingerprint density at radius 2 is 1.78 bits per heavy atom. The Hall–Kier alpha value is -0.720. The Bertz CT molecular complexity index is 538. The number of rotatable bonds is 2. The molecule has 0 fully saturated rings. The smallest absolute Gasteiger partial charge is 0.129 e. The van der Waals surface area contributed by atoms with Crippen LogP contribution < -0.4 is 0 Å². The highest BCUT2D eigenvalue weighted by Gasteiger charge is 2.18. The molecule has 1 N–H and O–H groups in total. The lowest BCUT2D eigenvalue weighted by Gasteiger charge is -2.14. The van der Waals surface area contributed by atoms with E-state index >= 15 is 0 Å². The van der Waals surface area contributed by atoms with Gasteiger partial charge in [0, 0.05) is 14.2 Å². The van der Waals surface area contributed by atoms with Crippen LogP contribution in [0.2, 0.25) is 5.02 Å². The Labute approximate surface area is 122 Å². The molecule has 0 aliphatic carbocycles. The minimum Gasteiger partial charge on any atom is -0.384 e. The van der Waals surface area contributed by atoms with E-state index in [0.717, 1.165) is 21.8 Å². The van der Waals surface area contributed by atoms with Crippen molar-refractivity contribution in [2.24, 2.45) is 0 Å². The SMILES string of the molecule is OC(c1cc(F)ccc1F)c1cc(Cl)ccc1I. The van der Waals surface area contributed by atoms with E-state index in [2.05, 4.69) is 0 Å². The summed E-state index contributed by atoms with van der Waals surface area (Å²) in [4.78, 5) is 0. The second-order valence-electron chi connectivity index (χ2n) is 3.73. The summed E-state index contributed by atoms with van der Waals surface area (Å²) in [5.41, 5.74) is 0.350. The third-order valence-corrected chi connectivity index (χ3v) is 3.72. The van der Waals surface area contributed by atoms with Crippen molar-refractivity contribution < 1.29 is 13.9 Å². The third kappa shape index (κ3) is 2.81. The highest BCUT2D eigenvalue weighted by molar-refractivity contribution is 14.1. The fourth-order valence-electron chi connectivity index (χ4n) is 1.62. The monoisotopic (exact) mass is 380 g/mol. The van der Waals surface area contributed by atoms with Gasteiger partial charge in [0.25, 0.3) is 0 Å². The second kappa shape index (κ2) is 5.50. The molecule has 0 aliphatic heterocycles. The van der Waals surface area contributed by atoms with Gasteiger partial charge in [0.15, 0.2) is 0 Å². The molecule has 0 saturated heterocycles. The number of benzene rings is 2. The molecule has 94 valence electrons. The number of aliphatic hydroxyl groups excluding tert-OH is 1. The van der Waals surface area contributed by atoms with E-state index in [9.17, 15) is 13.9 Å². The Morgan fingerprint density at radius 3 is 2.50 bits per heavy atom. The van der Waals surface area contributed by atoms with Crippen LogP contribution in [0.5, 0.6) is 0 Å². The van der Waals surface area contributed by atoms with Crippen LogP contribution in [0.4, 0.5) is 8.78 Å². The van der Waals surface area contributed by atoms with E-state index < -0.39 is 17.7 Å². The van der Waals surface area contributed by atoms with E-state index in [1.807, 2.05) is 22.6 Å². The first kappa shape index (κ1) is 13.7. The van der Waals surface area contributed by atoms with Crippen molar-refractivity contribution in [2.45, 2.75) is 6.10 Å². The Morgan fingerprint density at radius 1 is 1.06 bits per heavy atom. The van der Waals surface area contributed by atoms with Crippen molar-refractivity contribution in [1.82, 2.24) is 0 Å². The molecule has 5 heteroatoms. The van der Waals surface area contributed by atoms with Crippen LogP contribution >= 0.6 is 34.2 Å². The summed E-state index contributed by atoms with van der Waals surface area (Å²) in [5, 5.41) is 10.6. The topological polar surface area (TPSA) is 20.2 Å². The lowest BCUT2D eigenvalue weighted by molar-refractivity contribution is 0.213. The number of hydrogen-bond donors (Lipinski definition) is 1. The minimum atomic E-state index is -1.24. The zero-order valence-electron chi connectivity index (χ0n) is 9.00. The quantitative estimate of drug-likeness (QED) is 0.770. The first-order valence-corrected chi connectivity index (χ1v) is 6.52. The van der Waals surface area contributed by atoms with Crippen molar-refractivity contribution in [2.75, 3.05) is 0 Å². The van der Waals surface area contributed by atoms with E-state index in [4.69, 9.17) is 11.6 Å². The summed E-state index contributed by atoms with van der Waals surface area (Å²) in [6, 6.07) is 7.90. The molecule has 0 radical (unpaired) electrons. The molecule has 1 unspecified atom stereocenters. The molecule has 2 aromatic rings. The molecule has 0 saturated carbocycles. The number of halogens is 4. The van der Waals surface area contributed by atoms with E-state index in [1.165, 1.54) is 0 Å². The van der Waals surface area contributed by atoms with Gasteiger partial charge in [0.2, 0.25) is 0 Å². The summed E-state index contributed by atoms with van der Waals surface area (Å²) < 4.78 is 27.4. The van der Waals surface area contributed by atoms with Crippen LogP contribution in [0.3, 0.4) is 0 Å². The molecular formula is C13H8ClF2IO. The van der Waals surface area contributed by atoms with Crippen molar-refractivity contribution >= 4 is 34.2 Å². The van der Waals surface area contributed by atoms with Gasteiger partial charge in [0.1, 0.15) is 17.7 Å². The summed E-state index contributed by atoms with van der Waals surface area (Å²) in [5.74, 6) is -1.25. The highest BCUT2D eigenvalue weighted by Crippen LogP contribution is 2.30. The Balaban J connectivity index is 2.50. The van der Waals surface area contributed by atoms with Crippen LogP contribution in [0, 0.1) is 15.2 Å². The molecule has 0 bridgehead atoms. The maximum absolute atomic E-state index is 13.6. The van der Waals surface area contributed by atoms with Gasteiger partial charge in [0.05, 0.1) is 0 Å². The van der Waals surface area contributed by atoms with Crippen molar-refractivity contribution in [3.63, 3.8) is 0 Å². The van der Waals surface area contributed by atoms with Crippen LogP contribution in [-0.4, -0.2) is 5.11 Å². The van der Waals surface area contributed by atoms with E-state index in [0.29, 0.717) is 10.6 Å². The van der Waals surface area contributed by atoms with Crippen molar-refractivity contribution in [3.05, 3.63) is 67.8 Å². The summed E-state index contributed by atoms with van der Waals surface area (Å²) in [6.45, 7) is 0. The zero-order valence-corrected chi connectivity index (χ0v) is 11.9. The molecule has 2 aromatic carbocycles. The van der Waals surface area contributed by atoms with Gasteiger partial charge in [-0.15, -0.1) is 0 Å². The van der Waals surface area contributed by atoms with Crippen LogP contribution in [0.25, 0.3) is 0 Å². The zero-order chi connectivity index (χ0) is 13.3. The van der Waals surface area contributed by atoms with E-state index in [1.54, 1.807) is 18.2 Å². The standard InChI is InChI=1S/C13H8ClF2IO/c14-7-1-4-12(17)10(5-7)13(18)9-6-8(15)2-3-11(9)16/h1-6,13,18H. The second-order valence-corrected chi connectivity index (χ2v) is 5.33. The van der Waals surface area contributed by atoms with Gasteiger partial charge < -0.3 is 5.11 Å². The minimum absolute atomic E-state index is 0.102. The molecule has 0 aromatic heterocycles. The maximum Gasteiger partial charge on any atom is 0.129 e. The molecule has 0 spiro atoms. The summed E-state index contributed by atoms with van der Waals surface area (Å²) >= 11 is 7.84. The molecule has 2 rings (SSSR count). The normalized spacial score (nSPS) is 12.5. The predicted molar refractivity (Wildman–Crippen MR) is 74.6 cm³/mol. The van der Waals surface area contributed by atoms with Crippen LogP contribution in [-0.2, 0) is 0 Å². The Kier molecular flexibility index (Phi) is 4.19. The number of hydrogen-bond acceptors (Lipinski definition) is 1. The number of aliphatic hydroxyl groups is 1. The molecule has 18 heavy (non-hydrogen) atoms. The lowest BCUT2D eigenvalue weighted by atomic mass is 10.0. The highest BCUT2D eigenvalue weighted by atomic mass is 127. The van der Waals surface area contributed by atoms with Gasteiger partial charge in [-0.1, -0.05) is 11.6 Å². The van der Waals surface area contributed by atoms with Crippen molar-refractivity contribution in [3.8, 4) is 0 Å². The van der Waals surface area contributed by atoms with Gasteiger partial charge in [-0.3, -0.25) is 0 Å². The van der Waals surface area contributed by atoms with Gasteiger partial charge in [-0.05, 0) is 64.6 Å². The summed E-state index contributed by atoms with van der Waals surface area (Å²) in [6.07, 6.45) is -1.24. The fourth-order valence-corrected chi connectivity index (χ4v) is 2.43. The molecule has 1 nitrogen and oxygen atoms in total. The van der Waals surface area contributed by atoms with Gasteiger partial charge in [-0.2, -0.15) is 0 Å². The average molecular weight is 381 g/mol. The third-order valence-electron chi connectivity index (χ3n) is 2.51. The largest absolute Gasteiger partial charge is 0.384 e. The first-order chi connectivity index (χ1) is 8.49. The molecule has 1 atom stereocenters. The van der Waals surface area contributed by atoms with E-state index in [-0.39, 0.29) is 5.56 Å². The summed E-state index contributed by atoms with van der Waals surface area (Å²) in [7, 11) is 0. The average Bonchev–Trinajstić information content (AvgIpc) is 2.34. The molecule has 0 aliphatic rings. The lowest BCUT2D eigenvalue weighted by Crippen LogP contribution is -2.05. The molecule has 0 heterocycles. The van der Waals surface area contributed by atoms with Crippen molar-refractivity contribution in [1.29, 1.82) is 0 Å². The maximum atomic E-state index is 13.6. The fraction of sp³-hybridized carbons (Fsp3) is 0.0769. The molecular weight excluding hydrogens is 372 g/mol. The van der Waals surface area contributed by atoms with Gasteiger partial charge >= 0.3 is 0 Å². The van der Waals surface area contributed by atoms with Crippen LogP contribution in [0.15, 0.2) is 36.4 Å². The van der Waals surface area contributed by atoms with Gasteiger partial charge in [-0.25, -0.2) is 8.78 Å². The van der Waals surface area contributed by atoms with Crippen LogP contribution in [0.1, 0.15) is 17.2 Å².